The van der Waals surface area contributed by atoms with E-state index in [0.717, 1.165) is 15.4 Å². The van der Waals surface area contributed by atoms with Gasteiger partial charge in [0, 0.05) is 12.4 Å². The Hall–Kier alpha value is -3.98. The first-order chi connectivity index (χ1) is 16.3. The largest absolute Gasteiger partial charge is 0.493 e. The van der Waals surface area contributed by atoms with Crippen molar-refractivity contribution in [2.75, 3.05) is 10.8 Å². The highest BCUT2D eigenvalue weighted by Crippen LogP contribution is 2.37. The first-order valence-corrected chi connectivity index (χ1v) is 12.1. The molecule has 1 aromatic heterocycles. The molecule has 0 bridgehead atoms. The summed E-state index contributed by atoms with van der Waals surface area (Å²) in [5, 5.41) is 18.8. The van der Waals surface area contributed by atoms with Crippen molar-refractivity contribution in [2.45, 2.75) is 18.2 Å². The average molecular weight is 477 g/mol. The number of sulfonamides is 1. The number of nitrogens with zero attached hydrogens (tertiary/aromatic N) is 4. The fraction of sp³-hybridized carbons (Fsp3) is 0.160. The lowest BCUT2D eigenvalue weighted by molar-refractivity contribution is -0.116. The van der Waals surface area contributed by atoms with Gasteiger partial charge in [-0.05, 0) is 36.2 Å². The van der Waals surface area contributed by atoms with Crippen LogP contribution in [0.3, 0.4) is 0 Å². The molecule has 0 aliphatic rings. The summed E-state index contributed by atoms with van der Waals surface area (Å²) in [7, 11) is -2.37. The van der Waals surface area contributed by atoms with E-state index in [1.807, 2.05) is 31.2 Å². The molecular weight excluding hydrogens is 452 g/mol. The topological polar surface area (TPSA) is 104 Å². The monoisotopic (exact) mass is 476 g/mol. The number of carbonyl (C=O) groups is 1. The van der Waals surface area contributed by atoms with Gasteiger partial charge >= 0.3 is 0 Å². The van der Waals surface area contributed by atoms with Crippen LogP contribution in [0, 0.1) is 0 Å². The molecule has 0 aliphatic carbocycles. The SMILES string of the molecule is CCc1ccccc1N(CC(=O)N=Nc1c(O)n(C)c2ccccc12)S(=O)(=O)c1ccccc1. The highest BCUT2D eigenvalue weighted by Gasteiger charge is 2.28. The van der Waals surface area contributed by atoms with Gasteiger partial charge in [-0.25, -0.2) is 8.42 Å². The maximum atomic E-state index is 13.5. The van der Waals surface area contributed by atoms with Gasteiger partial charge in [0.05, 0.1) is 16.1 Å². The van der Waals surface area contributed by atoms with Crippen LogP contribution in [0.5, 0.6) is 5.88 Å². The van der Waals surface area contributed by atoms with Crippen molar-refractivity contribution in [2.24, 2.45) is 17.3 Å². The maximum Gasteiger partial charge on any atom is 0.285 e. The van der Waals surface area contributed by atoms with Crippen molar-refractivity contribution < 1.29 is 18.3 Å². The Labute approximate surface area is 197 Å². The van der Waals surface area contributed by atoms with Crippen molar-refractivity contribution in [1.82, 2.24) is 4.57 Å². The van der Waals surface area contributed by atoms with Gasteiger partial charge in [-0.1, -0.05) is 61.5 Å². The molecule has 1 amide bonds. The summed E-state index contributed by atoms with van der Waals surface area (Å²) < 4.78 is 29.6. The Morgan fingerprint density at radius 3 is 2.35 bits per heavy atom. The standard InChI is InChI=1S/C25H24N4O4S/c1-3-18-11-7-9-15-21(18)29(34(32,33)19-12-5-4-6-13-19)17-23(30)26-27-24-20-14-8-10-16-22(20)28(2)25(24)31/h4-16,31H,3,17H2,1-2H3. The molecule has 1 heterocycles. The number of azo groups is 1. The first kappa shape index (κ1) is 23.2. The summed E-state index contributed by atoms with van der Waals surface area (Å²) in [6.07, 6.45) is 0.580. The molecule has 0 saturated carbocycles. The summed E-state index contributed by atoms with van der Waals surface area (Å²) in [5.74, 6) is -0.902. The molecule has 0 fully saturated rings. The van der Waals surface area contributed by atoms with Crippen molar-refractivity contribution >= 4 is 38.2 Å². The molecule has 4 rings (SSSR count). The molecule has 0 saturated heterocycles. The predicted molar refractivity (Wildman–Crippen MR) is 131 cm³/mol. The molecule has 4 aromatic rings. The number of fused-ring (bicyclic) bond motifs is 1. The quantitative estimate of drug-likeness (QED) is 0.381. The van der Waals surface area contributed by atoms with Crippen LogP contribution in [0.25, 0.3) is 10.9 Å². The van der Waals surface area contributed by atoms with Crippen LogP contribution in [0.2, 0.25) is 0 Å². The molecule has 34 heavy (non-hydrogen) atoms. The van der Waals surface area contributed by atoms with Gasteiger partial charge in [0.25, 0.3) is 15.9 Å². The molecule has 0 aliphatic heterocycles. The molecule has 174 valence electrons. The molecule has 3 aromatic carbocycles. The second-order valence-corrected chi connectivity index (χ2v) is 9.51. The second kappa shape index (κ2) is 9.48. The van der Waals surface area contributed by atoms with E-state index >= 15 is 0 Å². The smallest absolute Gasteiger partial charge is 0.285 e. The number of benzene rings is 3. The second-order valence-electron chi connectivity index (χ2n) is 7.65. The number of amides is 1. The van der Waals surface area contributed by atoms with Gasteiger partial charge in [0.15, 0.2) is 5.69 Å². The van der Waals surface area contributed by atoms with Gasteiger partial charge in [-0.3, -0.25) is 9.10 Å². The van der Waals surface area contributed by atoms with Crippen molar-refractivity contribution in [3.63, 3.8) is 0 Å². The minimum absolute atomic E-state index is 0.0670. The number of anilines is 1. The maximum absolute atomic E-state index is 13.5. The highest BCUT2D eigenvalue weighted by molar-refractivity contribution is 7.92. The van der Waals surface area contributed by atoms with Crippen molar-refractivity contribution in [3.8, 4) is 5.88 Å². The zero-order chi connectivity index (χ0) is 24.3. The van der Waals surface area contributed by atoms with E-state index in [1.54, 1.807) is 49.5 Å². The van der Waals surface area contributed by atoms with Gasteiger partial charge in [-0.15, -0.1) is 10.2 Å². The zero-order valence-electron chi connectivity index (χ0n) is 18.8. The third-order valence-electron chi connectivity index (χ3n) is 5.56. The number of aryl methyl sites for hydroxylation is 2. The minimum atomic E-state index is -4.05. The normalized spacial score (nSPS) is 11.8. The lowest BCUT2D eigenvalue weighted by Crippen LogP contribution is -2.36. The van der Waals surface area contributed by atoms with Crippen LogP contribution in [0.15, 0.2) is 94.0 Å². The van der Waals surface area contributed by atoms with Crippen LogP contribution in [-0.4, -0.2) is 30.5 Å². The van der Waals surface area contributed by atoms with E-state index in [0.29, 0.717) is 17.5 Å². The first-order valence-electron chi connectivity index (χ1n) is 10.7. The number of rotatable bonds is 7. The van der Waals surface area contributed by atoms with Gasteiger partial charge in [0.2, 0.25) is 5.88 Å². The molecule has 1 N–H and O–H groups in total. The lowest BCUT2D eigenvalue weighted by Gasteiger charge is -2.25. The van der Waals surface area contributed by atoms with E-state index < -0.39 is 22.5 Å². The Balaban J connectivity index is 1.72. The Kier molecular flexibility index (Phi) is 6.47. The van der Waals surface area contributed by atoms with E-state index in [4.69, 9.17) is 0 Å². The van der Waals surface area contributed by atoms with Crippen LogP contribution < -0.4 is 4.31 Å². The number of aromatic hydroxyl groups is 1. The molecule has 0 radical (unpaired) electrons. The van der Waals surface area contributed by atoms with E-state index in [-0.39, 0.29) is 16.5 Å². The molecule has 8 nitrogen and oxygen atoms in total. The number of para-hydroxylation sites is 2. The molecular formula is C25H24N4O4S. The lowest BCUT2D eigenvalue weighted by atomic mass is 10.1. The summed E-state index contributed by atoms with van der Waals surface area (Å²) in [5.41, 5.74) is 2.06. The van der Waals surface area contributed by atoms with Crippen LogP contribution in [-0.2, 0) is 28.3 Å². The highest BCUT2D eigenvalue weighted by atomic mass is 32.2. The Bertz CT molecular complexity index is 1480. The van der Waals surface area contributed by atoms with Gasteiger partial charge in [-0.2, -0.15) is 0 Å². The third kappa shape index (κ3) is 4.29. The Morgan fingerprint density at radius 1 is 0.971 bits per heavy atom. The van der Waals surface area contributed by atoms with Gasteiger partial charge in [0.1, 0.15) is 6.54 Å². The van der Waals surface area contributed by atoms with Crippen LogP contribution >= 0.6 is 0 Å². The molecule has 9 heteroatoms. The van der Waals surface area contributed by atoms with Crippen molar-refractivity contribution in [1.29, 1.82) is 0 Å². The summed E-state index contributed by atoms with van der Waals surface area (Å²) in [6.45, 7) is 1.38. The number of carbonyl (C=O) groups excluding carboxylic acids is 1. The van der Waals surface area contributed by atoms with Crippen molar-refractivity contribution in [3.05, 3.63) is 84.4 Å². The number of aromatic nitrogens is 1. The van der Waals surface area contributed by atoms with Crippen LogP contribution in [0.1, 0.15) is 12.5 Å². The average Bonchev–Trinajstić information content (AvgIpc) is 3.11. The van der Waals surface area contributed by atoms with Crippen LogP contribution in [0.4, 0.5) is 11.4 Å². The zero-order valence-corrected chi connectivity index (χ0v) is 19.6. The number of hydrogen-bond acceptors (Lipinski definition) is 5. The summed E-state index contributed by atoms with van der Waals surface area (Å²) in [6, 6.07) is 22.2. The molecule has 0 atom stereocenters. The minimum Gasteiger partial charge on any atom is -0.493 e. The fourth-order valence-corrected chi connectivity index (χ4v) is 5.26. The molecule has 0 unspecified atom stereocenters. The fourth-order valence-electron chi connectivity index (χ4n) is 3.79. The summed E-state index contributed by atoms with van der Waals surface area (Å²) >= 11 is 0. The van der Waals surface area contributed by atoms with E-state index in [2.05, 4.69) is 10.2 Å². The number of hydrogen-bond donors (Lipinski definition) is 1. The van der Waals surface area contributed by atoms with Gasteiger partial charge < -0.3 is 9.67 Å². The Morgan fingerprint density at radius 2 is 1.62 bits per heavy atom. The summed E-state index contributed by atoms with van der Waals surface area (Å²) in [4.78, 5) is 12.9. The predicted octanol–water partition coefficient (Wildman–Crippen LogP) is 4.95. The van der Waals surface area contributed by atoms with E-state index in [1.165, 1.54) is 16.7 Å². The van der Waals surface area contributed by atoms with E-state index in [9.17, 15) is 18.3 Å². The molecule has 0 spiro atoms. The third-order valence-corrected chi connectivity index (χ3v) is 7.34.